The van der Waals surface area contributed by atoms with Crippen LogP contribution in [0.5, 0.6) is 0 Å². The molecule has 0 aromatic rings. The quantitative estimate of drug-likeness (QED) is 0.566. The van der Waals surface area contributed by atoms with Gasteiger partial charge in [0.15, 0.2) is 0 Å². The van der Waals surface area contributed by atoms with Crippen LogP contribution in [0.15, 0.2) is 0 Å². The summed E-state index contributed by atoms with van der Waals surface area (Å²) in [6.45, 7) is 2.70. The van der Waals surface area contributed by atoms with Crippen molar-refractivity contribution in [3.63, 3.8) is 0 Å². The van der Waals surface area contributed by atoms with Crippen molar-refractivity contribution in [1.82, 2.24) is 0 Å². The minimum atomic E-state index is 0.303. The third-order valence-electron chi connectivity index (χ3n) is 1.91. The molecule has 0 bridgehead atoms. The molecule has 0 aliphatic rings. The van der Waals surface area contributed by atoms with Gasteiger partial charge in [0.2, 0.25) is 0 Å². The molecular formula is C10H22O2S. The first-order valence-corrected chi connectivity index (χ1v) is 6.26. The Morgan fingerprint density at radius 1 is 1.08 bits per heavy atom. The van der Waals surface area contributed by atoms with Crippen molar-refractivity contribution in [2.45, 2.75) is 32.6 Å². The number of aliphatic hydroxyl groups excluding tert-OH is 2. The Bertz CT molecular complexity index is 98.9. The van der Waals surface area contributed by atoms with Crippen molar-refractivity contribution < 1.29 is 10.2 Å². The van der Waals surface area contributed by atoms with Gasteiger partial charge < -0.3 is 10.2 Å². The van der Waals surface area contributed by atoms with Gasteiger partial charge in [0, 0.05) is 13.2 Å². The van der Waals surface area contributed by atoms with E-state index < -0.39 is 0 Å². The topological polar surface area (TPSA) is 40.5 Å². The second-order valence-corrected chi connectivity index (χ2v) is 4.65. The lowest BCUT2D eigenvalue weighted by molar-refractivity contribution is 0.250. The van der Waals surface area contributed by atoms with E-state index in [1.165, 1.54) is 18.6 Å². The van der Waals surface area contributed by atoms with Crippen LogP contribution in [0.4, 0.5) is 0 Å². The zero-order chi connectivity index (χ0) is 9.94. The van der Waals surface area contributed by atoms with Crippen LogP contribution in [0.2, 0.25) is 0 Å². The lowest BCUT2D eigenvalue weighted by Gasteiger charge is -2.06. The van der Waals surface area contributed by atoms with E-state index >= 15 is 0 Å². The van der Waals surface area contributed by atoms with Crippen LogP contribution in [-0.4, -0.2) is 34.9 Å². The van der Waals surface area contributed by atoms with Crippen molar-refractivity contribution in [2.75, 3.05) is 24.7 Å². The van der Waals surface area contributed by atoms with Crippen molar-refractivity contribution >= 4 is 11.8 Å². The summed E-state index contributed by atoms with van der Waals surface area (Å²) in [7, 11) is 0. The molecule has 0 spiro atoms. The number of hydrogen-bond donors (Lipinski definition) is 2. The monoisotopic (exact) mass is 206 g/mol. The molecule has 0 aliphatic heterocycles. The van der Waals surface area contributed by atoms with Crippen LogP contribution in [0.1, 0.15) is 32.6 Å². The van der Waals surface area contributed by atoms with Gasteiger partial charge in [-0.05, 0) is 30.3 Å². The summed E-state index contributed by atoms with van der Waals surface area (Å²) in [5.74, 6) is 2.69. The lowest BCUT2D eigenvalue weighted by atomic mass is 10.2. The molecule has 0 fully saturated rings. The average Bonchev–Trinajstić information content (AvgIpc) is 2.16. The SMILES string of the molecule is CC(CO)CSCCCCCCO. The van der Waals surface area contributed by atoms with Gasteiger partial charge in [0.05, 0.1) is 0 Å². The van der Waals surface area contributed by atoms with Gasteiger partial charge in [-0.1, -0.05) is 19.8 Å². The van der Waals surface area contributed by atoms with Crippen LogP contribution in [0.25, 0.3) is 0 Å². The van der Waals surface area contributed by atoms with Gasteiger partial charge in [-0.2, -0.15) is 11.8 Å². The molecule has 0 heterocycles. The van der Waals surface area contributed by atoms with Crippen LogP contribution >= 0.6 is 11.8 Å². The minimum Gasteiger partial charge on any atom is -0.396 e. The molecule has 0 rings (SSSR count). The van der Waals surface area contributed by atoms with Gasteiger partial charge in [0.25, 0.3) is 0 Å². The Morgan fingerprint density at radius 2 is 1.77 bits per heavy atom. The summed E-state index contributed by atoms with van der Waals surface area (Å²) in [6, 6.07) is 0. The predicted octanol–water partition coefficient (Wildman–Crippen LogP) is 1.90. The fraction of sp³-hybridized carbons (Fsp3) is 1.00. The van der Waals surface area contributed by atoms with Gasteiger partial charge in [-0.25, -0.2) is 0 Å². The van der Waals surface area contributed by atoms with Crippen molar-refractivity contribution in [3.8, 4) is 0 Å². The van der Waals surface area contributed by atoms with Crippen molar-refractivity contribution in [1.29, 1.82) is 0 Å². The highest BCUT2D eigenvalue weighted by molar-refractivity contribution is 7.99. The molecule has 2 N–H and O–H groups in total. The Kier molecular flexibility index (Phi) is 10.6. The summed E-state index contributed by atoms with van der Waals surface area (Å²) in [5.41, 5.74) is 0. The average molecular weight is 206 g/mol. The first-order chi connectivity index (χ1) is 6.31. The van der Waals surface area contributed by atoms with Crippen LogP contribution in [-0.2, 0) is 0 Å². The summed E-state index contributed by atoms with van der Waals surface area (Å²) < 4.78 is 0. The summed E-state index contributed by atoms with van der Waals surface area (Å²) in [5, 5.41) is 17.3. The standard InChI is InChI=1S/C10H22O2S/c1-10(8-12)9-13-7-5-3-2-4-6-11/h10-12H,2-9H2,1H3. The predicted molar refractivity (Wildman–Crippen MR) is 59.1 cm³/mol. The number of unbranched alkanes of at least 4 members (excludes halogenated alkanes) is 3. The Hall–Kier alpha value is 0.270. The smallest absolute Gasteiger partial charge is 0.0464 e. The third-order valence-corrected chi connectivity index (χ3v) is 3.29. The molecule has 0 saturated heterocycles. The summed E-state index contributed by atoms with van der Waals surface area (Å²) in [4.78, 5) is 0. The molecule has 13 heavy (non-hydrogen) atoms. The maximum absolute atomic E-state index is 8.77. The molecular weight excluding hydrogens is 184 g/mol. The van der Waals surface area contributed by atoms with E-state index in [0.29, 0.717) is 19.1 Å². The zero-order valence-electron chi connectivity index (χ0n) is 8.54. The fourth-order valence-electron chi connectivity index (χ4n) is 1.01. The van der Waals surface area contributed by atoms with E-state index in [2.05, 4.69) is 6.92 Å². The van der Waals surface area contributed by atoms with Gasteiger partial charge in [-0.3, -0.25) is 0 Å². The molecule has 1 unspecified atom stereocenters. The molecule has 0 radical (unpaired) electrons. The number of thioether (sulfide) groups is 1. The molecule has 3 heteroatoms. The van der Waals surface area contributed by atoms with Gasteiger partial charge >= 0.3 is 0 Å². The molecule has 0 aromatic heterocycles. The fourth-order valence-corrected chi connectivity index (χ4v) is 2.09. The summed E-state index contributed by atoms with van der Waals surface area (Å²) in [6.07, 6.45) is 4.55. The van der Waals surface area contributed by atoms with E-state index in [4.69, 9.17) is 10.2 Å². The second kappa shape index (κ2) is 10.4. The Morgan fingerprint density at radius 3 is 2.38 bits per heavy atom. The first-order valence-electron chi connectivity index (χ1n) is 5.10. The molecule has 0 amide bonds. The van der Waals surface area contributed by atoms with Crippen LogP contribution < -0.4 is 0 Å². The van der Waals surface area contributed by atoms with Crippen LogP contribution in [0.3, 0.4) is 0 Å². The number of hydrogen-bond acceptors (Lipinski definition) is 3. The first kappa shape index (κ1) is 13.3. The number of rotatable bonds is 9. The Balaban J connectivity index is 2.91. The molecule has 0 saturated carbocycles. The van der Waals surface area contributed by atoms with Crippen molar-refractivity contribution in [3.05, 3.63) is 0 Å². The van der Waals surface area contributed by atoms with E-state index in [-0.39, 0.29) is 0 Å². The maximum Gasteiger partial charge on any atom is 0.0464 e. The molecule has 1 atom stereocenters. The molecule has 0 aliphatic carbocycles. The maximum atomic E-state index is 8.77. The molecule has 0 aromatic carbocycles. The van der Waals surface area contributed by atoms with Gasteiger partial charge in [0.1, 0.15) is 0 Å². The normalized spacial score (nSPS) is 13.2. The van der Waals surface area contributed by atoms with Crippen LogP contribution in [0, 0.1) is 5.92 Å². The van der Waals surface area contributed by atoms with E-state index in [0.717, 1.165) is 18.6 Å². The van der Waals surface area contributed by atoms with E-state index in [9.17, 15) is 0 Å². The van der Waals surface area contributed by atoms with Crippen molar-refractivity contribution in [2.24, 2.45) is 5.92 Å². The molecule has 80 valence electrons. The highest BCUT2D eigenvalue weighted by atomic mass is 32.2. The highest BCUT2D eigenvalue weighted by Crippen LogP contribution is 2.11. The largest absolute Gasteiger partial charge is 0.396 e. The highest BCUT2D eigenvalue weighted by Gasteiger charge is 1.98. The van der Waals surface area contributed by atoms with E-state index in [1.807, 2.05) is 11.8 Å². The second-order valence-electron chi connectivity index (χ2n) is 3.50. The molecule has 2 nitrogen and oxygen atoms in total. The zero-order valence-corrected chi connectivity index (χ0v) is 9.35. The lowest BCUT2D eigenvalue weighted by Crippen LogP contribution is -2.03. The minimum absolute atomic E-state index is 0.303. The third kappa shape index (κ3) is 10.2. The van der Waals surface area contributed by atoms with Gasteiger partial charge in [-0.15, -0.1) is 0 Å². The Labute approximate surface area is 85.7 Å². The van der Waals surface area contributed by atoms with E-state index in [1.54, 1.807) is 0 Å². The summed E-state index contributed by atoms with van der Waals surface area (Å²) >= 11 is 1.92. The number of aliphatic hydroxyl groups is 2.